The number of methoxy groups -OCH3 is 1. The van der Waals surface area contributed by atoms with Gasteiger partial charge in [-0.25, -0.2) is 8.42 Å². The second kappa shape index (κ2) is 6.89. The van der Waals surface area contributed by atoms with Gasteiger partial charge in [-0.15, -0.1) is 0 Å². The van der Waals surface area contributed by atoms with Crippen molar-refractivity contribution in [3.8, 4) is 0 Å². The second-order valence-corrected chi connectivity index (χ2v) is 8.79. The fourth-order valence-corrected chi connectivity index (χ4v) is 3.92. The largest absolute Gasteiger partial charge is 0.468 e. The van der Waals surface area contributed by atoms with Gasteiger partial charge in [0.05, 0.1) is 17.6 Å². The van der Waals surface area contributed by atoms with Crippen LogP contribution in [-0.2, 0) is 19.4 Å². The van der Waals surface area contributed by atoms with Crippen LogP contribution in [0, 0.1) is 0 Å². The van der Waals surface area contributed by atoms with Crippen LogP contribution < -0.4 is 0 Å². The van der Waals surface area contributed by atoms with Crippen LogP contribution in [0.3, 0.4) is 0 Å². The van der Waals surface area contributed by atoms with Crippen molar-refractivity contribution in [1.29, 1.82) is 0 Å². The quantitative estimate of drug-likeness (QED) is 0.722. The van der Waals surface area contributed by atoms with Crippen LogP contribution in [-0.4, -0.2) is 56.0 Å². The number of carbonyl (C=O) groups excluding carboxylic acids is 1. The Bertz CT molecular complexity index is 430. The molecule has 0 spiro atoms. The Morgan fingerprint density at radius 3 is 2.55 bits per heavy atom. The Kier molecular flexibility index (Phi) is 6.01. The van der Waals surface area contributed by atoms with Crippen molar-refractivity contribution in [2.75, 3.05) is 26.0 Å². The third-order valence-corrected chi connectivity index (χ3v) is 6.84. The summed E-state index contributed by atoms with van der Waals surface area (Å²) in [5.74, 6) is -0.143. The zero-order valence-corrected chi connectivity index (χ0v) is 13.8. The number of unbranched alkanes of at least 4 members (excludes halogenated alkanes) is 1. The van der Waals surface area contributed by atoms with E-state index in [4.69, 9.17) is 4.74 Å². The molecule has 0 aromatic heterocycles. The molecular formula is C14H27NO4S. The summed E-state index contributed by atoms with van der Waals surface area (Å²) in [6, 6.07) is -0.316. The van der Waals surface area contributed by atoms with Gasteiger partial charge in [0.25, 0.3) is 0 Å². The molecule has 0 saturated carbocycles. The van der Waals surface area contributed by atoms with Crippen LogP contribution in [0.15, 0.2) is 0 Å². The zero-order chi connectivity index (χ0) is 15.4. The Labute approximate surface area is 122 Å². The predicted octanol–water partition coefficient (Wildman–Crippen LogP) is 1.62. The van der Waals surface area contributed by atoms with Gasteiger partial charge in [-0.1, -0.05) is 19.8 Å². The molecule has 1 fully saturated rings. The Morgan fingerprint density at radius 2 is 2.00 bits per heavy atom. The van der Waals surface area contributed by atoms with Crippen molar-refractivity contribution in [2.45, 2.75) is 57.2 Å². The first-order chi connectivity index (χ1) is 9.25. The zero-order valence-electron chi connectivity index (χ0n) is 13.0. The molecule has 118 valence electrons. The van der Waals surface area contributed by atoms with Gasteiger partial charge in [-0.05, 0) is 26.7 Å². The first-order valence-corrected chi connectivity index (χ1v) is 8.94. The van der Waals surface area contributed by atoms with Crippen LogP contribution in [0.4, 0.5) is 0 Å². The number of hydrogen-bond acceptors (Lipinski definition) is 5. The monoisotopic (exact) mass is 305 g/mol. The average Bonchev–Trinajstić information content (AvgIpc) is 2.49. The lowest BCUT2D eigenvalue weighted by Crippen LogP contribution is -2.43. The van der Waals surface area contributed by atoms with Crippen LogP contribution in [0.1, 0.15) is 46.5 Å². The van der Waals surface area contributed by atoms with Crippen molar-refractivity contribution in [3.63, 3.8) is 0 Å². The van der Waals surface area contributed by atoms with E-state index in [1.54, 1.807) is 13.8 Å². The fraction of sp³-hybridized carbons (Fsp3) is 0.929. The highest BCUT2D eigenvalue weighted by atomic mass is 32.2. The normalized spacial score (nSPS) is 23.8. The topological polar surface area (TPSA) is 63.7 Å². The van der Waals surface area contributed by atoms with Gasteiger partial charge in [0.2, 0.25) is 0 Å². The highest BCUT2D eigenvalue weighted by molar-refractivity contribution is 7.92. The maximum atomic E-state index is 12.2. The van der Waals surface area contributed by atoms with E-state index in [9.17, 15) is 13.2 Å². The van der Waals surface area contributed by atoms with Crippen molar-refractivity contribution >= 4 is 15.8 Å². The number of nitrogens with zero attached hydrogens (tertiary/aromatic N) is 1. The van der Waals surface area contributed by atoms with E-state index in [1.165, 1.54) is 7.11 Å². The summed E-state index contributed by atoms with van der Waals surface area (Å²) in [7, 11) is -1.72. The van der Waals surface area contributed by atoms with Gasteiger partial charge in [-0.2, -0.15) is 0 Å². The maximum Gasteiger partial charge on any atom is 0.323 e. The lowest BCUT2D eigenvalue weighted by molar-refractivity contribution is -0.147. The lowest BCUT2D eigenvalue weighted by atomic mass is 10.1. The molecule has 0 radical (unpaired) electrons. The molecule has 1 aliphatic heterocycles. The summed E-state index contributed by atoms with van der Waals surface area (Å²) in [5, 5.41) is 0. The van der Waals surface area contributed by atoms with E-state index in [-0.39, 0.29) is 17.8 Å². The molecule has 0 aliphatic carbocycles. The van der Waals surface area contributed by atoms with Crippen LogP contribution in [0.5, 0.6) is 0 Å². The molecule has 0 aromatic carbocycles. The number of ether oxygens (including phenoxy) is 1. The van der Waals surface area contributed by atoms with Crippen LogP contribution in [0.2, 0.25) is 0 Å². The molecule has 1 atom stereocenters. The van der Waals surface area contributed by atoms with E-state index in [2.05, 4.69) is 6.92 Å². The van der Waals surface area contributed by atoms with Gasteiger partial charge >= 0.3 is 5.97 Å². The summed E-state index contributed by atoms with van der Waals surface area (Å²) >= 11 is 0. The smallest absolute Gasteiger partial charge is 0.323 e. The maximum absolute atomic E-state index is 12.2. The van der Waals surface area contributed by atoms with Crippen molar-refractivity contribution in [2.24, 2.45) is 0 Å². The van der Waals surface area contributed by atoms with Crippen molar-refractivity contribution in [1.82, 2.24) is 4.90 Å². The molecule has 1 saturated heterocycles. The third kappa shape index (κ3) is 3.95. The Balaban J connectivity index is 2.86. The second-order valence-electron chi connectivity index (χ2n) is 6.05. The predicted molar refractivity (Wildman–Crippen MR) is 79.4 cm³/mol. The number of sulfone groups is 1. The summed E-state index contributed by atoms with van der Waals surface area (Å²) in [6.45, 7) is 6.64. The number of esters is 1. The minimum Gasteiger partial charge on any atom is -0.468 e. The molecular weight excluding hydrogens is 278 g/mol. The summed E-state index contributed by atoms with van der Waals surface area (Å²) in [6.07, 6.45) is 3.22. The van der Waals surface area contributed by atoms with Crippen molar-refractivity contribution in [3.05, 3.63) is 0 Å². The third-order valence-electron chi connectivity index (χ3n) is 4.24. The number of carbonyl (C=O) groups is 1. The molecule has 5 nitrogen and oxygen atoms in total. The van der Waals surface area contributed by atoms with Gasteiger partial charge in [0, 0.05) is 13.1 Å². The Morgan fingerprint density at radius 1 is 1.35 bits per heavy atom. The minimum atomic E-state index is -3.11. The molecule has 20 heavy (non-hydrogen) atoms. The van der Waals surface area contributed by atoms with E-state index in [1.807, 2.05) is 4.90 Å². The molecule has 1 heterocycles. The molecule has 0 N–H and O–H groups in total. The molecule has 1 aliphatic rings. The first kappa shape index (κ1) is 17.4. The molecule has 6 heteroatoms. The first-order valence-electron chi connectivity index (χ1n) is 7.29. The van der Waals surface area contributed by atoms with Gasteiger partial charge < -0.3 is 4.74 Å². The number of hydrogen-bond donors (Lipinski definition) is 0. The minimum absolute atomic E-state index is 0.111. The van der Waals surface area contributed by atoms with E-state index in [0.717, 1.165) is 19.3 Å². The Hall–Kier alpha value is -0.620. The lowest BCUT2D eigenvalue weighted by Gasteiger charge is -2.28. The molecule has 0 aromatic rings. The standard InChI is InChI=1S/C14H27NO4S/c1-5-6-7-12(13(16)19-4)15-9-8-14(2,3)20(17,18)11-10-15/h12H,5-11H2,1-4H3/t12-/m1/s1. The van der Waals surface area contributed by atoms with Crippen LogP contribution in [0.25, 0.3) is 0 Å². The van der Waals surface area contributed by atoms with E-state index >= 15 is 0 Å². The fourth-order valence-electron chi connectivity index (χ4n) is 2.49. The molecule has 0 amide bonds. The highest BCUT2D eigenvalue weighted by Gasteiger charge is 2.39. The SMILES string of the molecule is CCCC[C@H](C(=O)OC)N1CCC(C)(C)S(=O)(=O)CC1. The van der Waals surface area contributed by atoms with Gasteiger partial charge in [0.1, 0.15) is 6.04 Å². The molecule has 0 unspecified atom stereocenters. The average molecular weight is 305 g/mol. The highest BCUT2D eigenvalue weighted by Crippen LogP contribution is 2.26. The van der Waals surface area contributed by atoms with Crippen LogP contribution >= 0.6 is 0 Å². The number of rotatable bonds is 5. The summed E-state index contributed by atoms with van der Waals surface area (Å²) < 4.78 is 28.6. The molecule has 0 bridgehead atoms. The van der Waals surface area contributed by atoms with Crippen molar-refractivity contribution < 1.29 is 17.9 Å². The van der Waals surface area contributed by atoms with E-state index in [0.29, 0.717) is 19.5 Å². The van der Waals surface area contributed by atoms with Gasteiger partial charge in [0.15, 0.2) is 9.84 Å². The van der Waals surface area contributed by atoms with Gasteiger partial charge in [-0.3, -0.25) is 9.69 Å². The summed E-state index contributed by atoms with van der Waals surface area (Å²) in [4.78, 5) is 13.9. The summed E-state index contributed by atoms with van der Waals surface area (Å²) in [5.41, 5.74) is 0. The van der Waals surface area contributed by atoms with E-state index < -0.39 is 14.6 Å². The molecule has 1 rings (SSSR count).